The van der Waals surface area contributed by atoms with Gasteiger partial charge in [-0.05, 0) is 30.4 Å². The maximum absolute atomic E-state index is 5.55. The van der Waals surface area contributed by atoms with Gasteiger partial charge in [-0.1, -0.05) is 31.2 Å². The lowest BCUT2D eigenvalue weighted by Crippen LogP contribution is -2.42. The highest BCUT2D eigenvalue weighted by Crippen LogP contribution is 2.50. The maximum Gasteiger partial charge on any atom is 0.191 e. The van der Waals surface area contributed by atoms with E-state index < -0.39 is 0 Å². The Kier molecular flexibility index (Phi) is 5.63. The van der Waals surface area contributed by atoms with Gasteiger partial charge in [0.25, 0.3) is 0 Å². The lowest BCUT2D eigenvalue weighted by Gasteiger charge is -2.21. The van der Waals surface area contributed by atoms with E-state index >= 15 is 0 Å². The number of methoxy groups -OCH3 is 1. The predicted octanol–water partition coefficient (Wildman–Crippen LogP) is 3.76. The van der Waals surface area contributed by atoms with Gasteiger partial charge in [-0.3, -0.25) is 4.99 Å². The molecule has 1 aromatic heterocycles. The first kappa shape index (κ1) is 17.8. The molecule has 0 radical (unpaired) electrons. The predicted molar refractivity (Wildman–Crippen MR) is 106 cm³/mol. The molecule has 1 heterocycles. The fourth-order valence-corrected chi connectivity index (χ4v) is 3.96. The first-order valence-corrected chi connectivity index (χ1v) is 9.68. The molecule has 3 rings (SSSR count). The molecule has 0 saturated heterocycles. The normalized spacial score (nSPS) is 17.0. The topological polar surface area (TPSA) is 45.7 Å². The van der Waals surface area contributed by atoms with Crippen molar-refractivity contribution in [1.82, 2.24) is 10.6 Å². The molecule has 134 valence electrons. The number of thiophene rings is 1. The molecule has 1 saturated carbocycles. The number of benzene rings is 1. The van der Waals surface area contributed by atoms with Crippen LogP contribution in [0, 0.1) is 0 Å². The smallest absolute Gasteiger partial charge is 0.191 e. The van der Waals surface area contributed by atoms with Crippen molar-refractivity contribution in [2.24, 2.45) is 4.99 Å². The third kappa shape index (κ3) is 4.15. The van der Waals surface area contributed by atoms with E-state index in [1.807, 2.05) is 19.2 Å². The number of para-hydroxylation sites is 1. The Morgan fingerprint density at radius 3 is 2.68 bits per heavy atom. The lowest BCUT2D eigenvalue weighted by atomic mass is 9.95. The van der Waals surface area contributed by atoms with Crippen molar-refractivity contribution in [3.8, 4) is 5.75 Å². The highest BCUT2D eigenvalue weighted by Gasteiger charge is 2.46. The van der Waals surface area contributed by atoms with Gasteiger partial charge in [0.2, 0.25) is 0 Å². The van der Waals surface area contributed by atoms with Crippen LogP contribution in [0.1, 0.15) is 36.1 Å². The molecule has 1 fully saturated rings. The first-order chi connectivity index (χ1) is 12.2. The second kappa shape index (κ2) is 7.91. The molecule has 1 aliphatic rings. The molecule has 0 bridgehead atoms. The van der Waals surface area contributed by atoms with Crippen LogP contribution in [0.15, 0.2) is 46.8 Å². The van der Waals surface area contributed by atoms with Crippen molar-refractivity contribution in [3.05, 3.63) is 52.2 Å². The molecule has 1 atom stereocenters. The minimum Gasteiger partial charge on any atom is -0.496 e. The average Bonchev–Trinajstić information content (AvgIpc) is 3.23. The van der Waals surface area contributed by atoms with E-state index in [-0.39, 0.29) is 5.41 Å². The fourth-order valence-electron chi connectivity index (χ4n) is 3.17. The van der Waals surface area contributed by atoms with E-state index in [4.69, 9.17) is 4.74 Å². The third-order valence-corrected chi connectivity index (χ3v) is 6.06. The zero-order chi connectivity index (χ0) is 17.7. The summed E-state index contributed by atoms with van der Waals surface area (Å²) >= 11 is 1.81. The molecule has 25 heavy (non-hydrogen) atoms. The first-order valence-electron chi connectivity index (χ1n) is 8.80. The zero-order valence-corrected chi connectivity index (χ0v) is 16.0. The monoisotopic (exact) mass is 357 g/mol. The largest absolute Gasteiger partial charge is 0.496 e. The molecule has 2 N–H and O–H groups in total. The van der Waals surface area contributed by atoms with E-state index in [1.54, 1.807) is 18.4 Å². The van der Waals surface area contributed by atoms with Crippen molar-refractivity contribution in [2.45, 2.75) is 31.1 Å². The average molecular weight is 358 g/mol. The number of aliphatic imine (C=N–C) groups is 1. The van der Waals surface area contributed by atoms with E-state index in [9.17, 15) is 0 Å². The fraction of sp³-hybridized carbons (Fsp3) is 0.450. The molecule has 2 aromatic rings. The number of hydrogen-bond acceptors (Lipinski definition) is 3. The molecular formula is C20H27N3OS. The Labute approximate surface area is 154 Å². The molecule has 1 aliphatic carbocycles. The van der Waals surface area contributed by atoms with Gasteiger partial charge in [-0.2, -0.15) is 0 Å². The quantitative estimate of drug-likeness (QED) is 0.586. The van der Waals surface area contributed by atoms with Crippen LogP contribution >= 0.6 is 11.3 Å². The van der Waals surface area contributed by atoms with Crippen LogP contribution in [0.4, 0.5) is 0 Å². The van der Waals surface area contributed by atoms with Gasteiger partial charge in [0.05, 0.1) is 7.11 Å². The van der Waals surface area contributed by atoms with Crippen LogP contribution in [0.25, 0.3) is 0 Å². The van der Waals surface area contributed by atoms with Crippen molar-refractivity contribution in [2.75, 3.05) is 27.2 Å². The van der Waals surface area contributed by atoms with Crippen LogP contribution < -0.4 is 15.4 Å². The van der Waals surface area contributed by atoms with Gasteiger partial charge in [0.1, 0.15) is 5.75 Å². The van der Waals surface area contributed by atoms with Crippen molar-refractivity contribution < 1.29 is 4.74 Å². The highest BCUT2D eigenvalue weighted by molar-refractivity contribution is 7.10. The summed E-state index contributed by atoms with van der Waals surface area (Å²) in [4.78, 5) is 5.77. The minimum atomic E-state index is 0.170. The van der Waals surface area contributed by atoms with E-state index in [1.165, 1.54) is 23.3 Å². The second-order valence-electron chi connectivity index (χ2n) is 6.70. The van der Waals surface area contributed by atoms with Crippen molar-refractivity contribution >= 4 is 17.3 Å². The number of nitrogens with zero attached hydrogens (tertiary/aromatic N) is 1. The Morgan fingerprint density at radius 2 is 2.04 bits per heavy atom. The summed E-state index contributed by atoms with van der Waals surface area (Å²) in [6.07, 6.45) is 2.37. The SMILES string of the molecule is CN=C(NCC(C)c1cccs1)NCC1(c2ccccc2OC)CC1. The summed E-state index contributed by atoms with van der Waals surface area (Å²) in [5, 5.41) is 9.09. The van der Waals surface area contributed by atoms with Gasteiger partial charge >= 0.3 is 0 Å². The van der Waals surface area contributed by atoms with E-state index in [0.29, 0.717) is 5.92 Å². The lowest BCUT2D eigenvalue weighted by molar-refractivity contribution is 0.403. The molecule has 0 aliphatic heterocycles. The highest BCUT2D eigenvalue weighted by atomic mass is 32.1. The molecule has 0 amide bonds. The number of guanidine groups is 1. The van der Waals surface area contributed by atoms with Crippen LogP contribution in [-0.2, 0) is 5.41 Å². The zero-order valence-electron chi connectivity index (χ0n) is 15.2. The Balaban J connectivity index is 1.56. The van der Waals surface area contributed by atoms with Gasteiger partial charge in [-0.25, -0.2) is 0 Å². The van der Waals surface area contributed by atoms with Crippen LogP contribution in [-0.4, -0.2) is 33.2 Å². The Hall–Kier alpha value is -2.01. The van der Waals surface area contributed by atoms with Gasteiger partial charge in [0.15, 0.2) is 5.96 Å². The molecular weight excluding hydrogens is 330 g/mol. The van der Waals surface area contributed by atoms with Crippen LogP contribution in [0.5, 0.6) is 5.75 Å². The summed E-state index contributed by atoms with van der Waals surface area (Å²) in [7, 11) is 3.57. The van der Waals surface area contributed by atoms with Gasteiger partial charge in [-0.15, -0.1) is 11.3 Å². The molecule has 1 unspecified atom stereocenters. The summed E-state index contributed by atoms with van der Waals surface area (Å²) in [5.41, 5.74) is 1.47. The summed E-state index contributed by atoms with van der Waals surface area (Å²) in [6, 6.07) is 12.6. The van der Waals surface area contributed by atoms with Gasteiger partial charge in [0, 0.05) is 41.9 Å². The Bertz CT molecular complexity index is 707. The molecule has 1 aromatic carbocycles. The molecule has 5 heteroatoms. The summed E-state index contributed by atoms with van der Waals surface area (Å²) in [5.74, 6) is 2.32. The van der Waals surface area contributed by atoms with Crippen molar-refractivity contribution in [1.29, 1.82) is 0 Å². The third-order valence-electron chi connectivity index (χ3n) is 4.95. The van der Waals surface area contributed by atoms with Crippen LogP contribution in [0.3, 0.4) is 0 Å². The van der Waals surface area contributed by atoms with Crippen LogP contribution in [0.2, 0.25) is 0 Å². The maximum atomic E-state index is 5.55. The number of nitrogens with one attached hydrogen (secondary N) is 2. The Morgan fingerprint density at radius 1 is 1.24 bits per heavy atom. The summed E-state index contributed by atoms with van der Waals surface area (Å²) < 4.78 is 5.55. The standard InChI is InChI=1S/C20H27N3OS/c1-15(18-9-6-12-25-18)13-22-19(21-2)23-14-20(10-11-20)16-7-4-5-8-17(16)24-3/h4-9,12,15H,10-11,13-14H2,1-3H3,(H2,21,22,23). The second-order valence-corrected chi connectivity index (χ2v) is 7.68. The minimum absolute atomic E-state index is 0.170. The van der Waals surface area contributed by atoms with Crippen molar-refractivity contribution in [3.63, 3.8) is 0 Å². The summed E-state index contributed by atoms with van der Waals surface area (Å²) in [6.45, 7) is 3.99. The number of rotatable bonds is 7. The molecule has 4 nitrogen and oxygen atoms in total. The number of ether oxygens (including phenoxy) is 1. The molecule has 0 spiro atoms. The number of hydrogen-bond donors (Lipinski definition) is 2. The van der Waals surface area contributed by atoms with Gasteiger partial charge < -0.3 is 15.4 Å². The van der Waals surface area contributed by atoms with E-state index in [0.717, 1.165) is 24.8 Å². The van der Waals surface area contributed by atoms with E-state index in [2.05, 4.69) is 52.2 Å².